The van der Waals surface area contributed by atoms with Crippen molar-refractivity contribution < 1.29 is 9.59 Å². The molecule has 0 radical (unpaired) electrons. The molecule has 0 heterocycles. The standard InChI is InChI=1S/C44H83N5O2/c1-3-5-7-9-11-13-15-17-19-21-23-25-27-29-31-33-38-49(44(51)42(47)40-48-43(50)41(46)36-35-37-45)39-34-32-30-28-26-24-22-20-18-16-14-12-10-8-6-4-2/h11-14,17-20,41-42H,3-10,15-16,21-40,45-47H2,1-2H3,(H,48,50)/b13-11-,14-12-,19-17-,20-18-/t41-,42-/m0/s1. The molecule has 0 fully saturated rings. The molecule has 0 saturated heterocycles. The van der Waals surface area contributed by atoms with Gasteiger partial charge in [-0.05, 0) is 96.4 Å². The summed E-state index contributed by atoms with van der Waals surface area (Å²) >= 11 is 0. The summed E-state index contributed by atoms with van der Waals surface area (Å²) in [7, 11) is 0. The highest BCUT2D eigenvalue weighted by molar-refractivity contribution is 5.84. The van der Waals surface area contributed by atoms with E-state index in [1.54, 1.807) is 0 Å². The normalized spacial score (nSPS) is 13.3. The molecule has 0 aliphatic heterocycles. The van der Waals surface area contributed by atoms with Crippen molar-refractivity contribution in [1.29, 1.82) is 0 Å². The van der Waals surface area contributed by atoms with E-state index < -0.39 is 12.1 Å². The summed E-state index contributed by atoms with van der Waals surface area (Å²) in [5.41, 5.74) is 17.8. The van der Waals surface area contributed by atoms with E-state index in [-0.39, 0.29) is 18.4 Å². The Morgan fingerprint density at radius 2 is 0.922 bits per heavy atom. The van der Waals surface area contributed by atoms with Crippen LogP contribution in [0.4, 0.5) is 0 Å². The van der Waals surface area contributed by atoms with Crippen LogP contribution in [0.5, 0.6) is 0 Å². The molecular weight excluding hydrogens is 631 g/mol. The number of nitrogens with two attached hydrogens (primary N) is 3. The molecule has 2 amide bonds. The summed E-state index contributed by atoms with van der Waals surface area (Å²) in [5, 5.41) is 2.78. The average Bonchev–Trinajstić information content (AvgIpc) is 3.14. The molecule has 0 aromatic carbocycles. The van der Waals surface area contributed by atoms with Crippen LogP contribution in [0, 0.1) is 0 Å². The van der Waals surface area contributed by atoms with Crippen LogP contribution in [-0.2, 0) is 9.59 Å². The molecule has 0 spiro atoms. The summed E-state index contributed by atoms with van der Waals surface area (Å²) in [5.74, 6) is -0.343. The van der Waals surface area contributed by atoms with E-state index in [9.17, 15) is 9.59 Å². The molecule has 0 aliphatic rings. The lowest BCUT2D eigenvalue weighted by atomic mass is 10.1. The van der Waals surface area contributed by atoms with E-state index in [1.165, 1.54) is 103 Å². The van der Waals surface area contributed by atoms with Crippen LogP contribution in [0.25, 0.3) is 0 Å². The molecule has 7 nitrogen and oxygen atoms in total. The van der Waals surface area contributed by atoms with Gasteiger partial charge < -0.3 is 27.4 Å². The molecule has 7 N–H and O–H groups in total. The SMILES string of the molecule is CCCCC/C=C\C/C=C\CCCCCCCCN(CCCCCCCC/C=C\C/C=C\CCCCC)C(=O)[C@@H](N)CNC(=O)[C@@H](N)CCCN. The third-order valence-corrected chi connectivity index (χ3v) is 9.44. The summed E-state index contributed by atoms with van der Waals surface area (Å²) in [6.07, 6.45) is 48.4. The molecular formula is C44H83N5O2. The van der Waals surface area contributed by atoms with Gasteiger partial charge in [0.05, 0.1) is 6.04 Å². The van der Waals surface area contributed by atoms with Crippen molar-refractivity contribution in [1.82, 2.24) is 10.2 Å². The molecule has 296 valence electrons. The average molecular weight is 714 g/mol. The molecule has 0 bridgehead atoms. The van der Waals surface area contributed by atoms with Crippen molar-refractivity contribution in [3.63, 3.8) is 0 Å². The zero-order valence-corrected chi connectivity index (χ0v) is 33.5. The summed E-state index contributed by atoms with van der Waals surface area (Å²) in [6.45, 7) is 6.56. The molecule has 0 aromatic heterocycles. The maximum Gasteiger partial charge on any atom is 0.241 e. The van der Waals surface area contributed by atoms with Crippen LogP contribution in [0.1, 0.15) is 181 Å². The van der Waals surface area contributed by atoms with Crippen molar-refractivity contribution in [3.05, 3.63) is 48.6 Å². The maximum atomic E-state index is 13.4. The minimum Gasteiger partial charge on any atom is -0.353 e. The van der Waals surface area contributed by atoms with E-state index in [0.717, 1.165) is 64.5 Å². The van der Waals surface area contributed by atoms with Gasteiger partial charge in [0, 0.05) is 19.6 Å². The number of amides is 2. The number of hydrogen-bond acceptors (Lipinski definition) is 5. The fourth-order valence-electron chi connectivity index (χ4n) is 6.05. The van der Waals surface area contributed by atoms with Gasteiger partial charge in [0.2, 0.25) is 11.8 Å². The van der Waals surface area contributed by atoms with Gasteiger partial charge >= 0.3 is 0 Å². The summed E-state index contributed by atoms with van der Waals surface area (Å²) in [6, 6.07) is -1.38. The molecule has 7 heteroatoms. The highest BCUT2D eigenvalue weighted by Gasteiger charge is 2.22. The Morgan fingerprint density at radius 3 is 1.33 bits per heavy atom. The van der Waals surface area contributed by atoms with Crippen molar-refractivity contribution in [2.75, 3.05) is 26.2 Å². The van der Waals surface area contributed by atoms with Crippen LogP contribution in [-0.4, -0.2) is 55.0 Å². The molecule has 2 atom stereocenters. The Labute approximate surface area is 315 Å². The first-order valence-electron chi connectivity index (χ1n) is 21.4. The molecule has 0 aromatic rings. The molecule has 0 aliphatic carbocycles. The lowest BCUT2D eigenvalue weighted by molar-refractivity contribution is -0.133. The lowest BCUT2D eigenvalue weighted by Gasteiger charge is -2.26. The number of rotatable bonds is 37. The number of allylic oxidation sites excluding steroid dienone is 8. The lowest BCUT2D eigenvalue weighted by Crippen LogP contribution is -2.52. The largest absolute Gasteiger partial charge is 0.353 e. The van der Waals surface area contributed by atoms with Crippen LogP contribution in [0.3, 0.4) is 0 Å². The highest BCUT2D eigenvalue weighted by atomic mass is 16.2. The van der Waals surface area contributed by atoms with E-state index in [2.05, 4.69) is 67.8 Å². The van der Waals surface area contributed by atoms with Gasteiger partial charge in [0.1, 0.15) is 6.04 Å². The second kappa shape index (κ2) is 39.0. The van der Waals surface area contributed by atoms with Crippen molar-refractivity contribution in [3.8, 4) is 0 Å². The zero-order valence-electron chi connectivity index (χ0n) is 33.5. The molecule has 0 saturated carbocycles. The van der Waals surface area contributed by atoms with Crippen molar-refractivity contribution in [2.45, 2.75) is 193 Å². The first-order valence-corrected chi connectivity index (χ1v) is 21.4. The minimum absolute atomic E-state index is 0.0731. The monoisotopic (exact) mass is 714 g/mol. The second-order valence-corrected chi connectivity index (χ2v) is 14.4. The number of nitrogens with zero attached hydrogens (tertiary/aromatic N) is 1. The highest BCUT2D eigenvalue weighted by Crippen LogP contribution is 2.12. The number of unbranched alkanes of at least 4 members (excludes halogenated alkanes) is 18. The van der Waals surface area contributed by atoms with Gasteiger partial charge in [-0.3, -0.25) is 9.59 Å². The fourth-order valence-corrected chi connectivity index (χ4v) is 6.05. The van der Waals surface area contributed by atoms with Crippen LogP contribution < -0.4 is 22.5 Å². The van der Waals surface area contributed by atoms with Crippen LogP contribution >= 0.6 is 0 Å². The topological polar surface area (TPSA) is 127 Å². The van der Waals surface area contributed by atoms with Crippen LogP contribution in [0.15, 0.2) is 48.6 Å². The Balaban J connectivity index is 4.41. The van der Waals surface area contributed by atoms with Crippen molar-refractivity contribution >= 4 is 11.8 Å². The summed E-state index contributed by atoms with van der Waals surface area (Å²) < 4.78 is 0. The number of hydrogen-bond donors (Lipinski definition) is 4. The Morgan fingerprint density at radius 1 is 0.529 bits per heavy atom. The Kier molecular flexibility index (Phi) is 37.3. The van der Waals surface area contributed by atoms with Gasteiger partial charge in [-0.1, -0.05) is 140 Å². The van der Waals surface area contributed by atoms with E-state index in [1.807, 2.05) is 4.90 Å². The fraction of sp³-hybridized carbons (Fsp3) is 0.773. The maximum absolute atomic E-state index is 13.4. The quantitative estimate of drug-likeness (QED) is 0.0377. The van der Waals surface area contributed by atoms with Gasteiger partial charge in [0.15, 0.2) is 0 Å². The van der Waals surface area contributed by atoms with E-state index in [4.69, 9.17) is 17.2 Å². The molecule has 0 unspecified atom stereocenters. The van der Waals surface area contributed by atoms with Gasteiger partial charge in [0.25, 0.3) is 0 Å². The smallest absolute Gasteiger partial charge is 0.241 e. The number of carbonyl (C=O) groups excluding carboxylic acids is 2. The van der Waals surface area contributed by atoms with Gasteiger partial charge in [-0.2, -0.15) is 0 Å². The Bertz CT molecular complexity index is 852. The van der Waals surface area contributed by atoms with E-state index >= 15 is 0 Å². The Hall–Kier alpha value is -2.22. The predicted octanol–water partition coefficient (Wildman–Crippen LogP) is 9.95. The predicted molar refractivity (Wildman–Crippen MR) is 223 cm³/mol. The second-order valence-electron chi connectivity index (χ2n) is 14.4. The minimum atomic E-state index is -0.759. The third kappa shape index (κ3) is 33.4. The first kappa shape index (κ1) is 48.8. The zero-order chi connectivity index (χ0) is 37.5. The van der Waals surface area contributed by atoms with Crippen molar-refractivity contribution in [2.24, 2.45) is 17.2 Å². The first-order chi connectivity index (χ1) is 25.0. The summed E-state index contributed by atoms with van der Waals surface area (Å²) in [4.78, 5) is 27.7. The molecule has 0 rings (SSSR count). The number of carbonyl (C=O) groups is 2. The van der Waals surface area contributed by atoms with Gasteiger partial charge in [-0.25, -0.2) is 0 Å². The molecule has 51 heavy (non-hydrogen) atoms. The van der Waals surface area contributed by atoms with Crippen LogP contribution in [0.2, 0.25) is 0 Å². The van der Waals surface area contributed by atoms with Gasteiger partial charge in [-0.15, -0.1) is 0 Å². The van der Waals surface area contributed by atoms with E-state index in [0.29, 0.717) is 19.4 Å². The number of nitrogens with one attached hydrogen (secondary N) is 1. The third-order valence-electron chi connectivity index (χ3n) is 9.44.